The zero-order valence-electron chi connectivity index (χ0n) is 16.2. The molecule has 4 aromatic rings. The van der Waals surface area contributed by atoms with E-state index in [1.165, 1.54) is 16.3 Å². The van der Waals surface area contributed by atoms with E-state index in [0.717, 1.165) is 11.4 Å². The molecular weight excluding hydrogens is 360 g/mol. The third-order valence-corrected chi connectivity index (χ3v) is 4.84. The van der Waals surface area contributed by atoms with Gasteiger partial charge in [-0.1, -0.05) is 66.7 Å². The van der Waals surface area contributed by atoms with Gasteiger partial charge in [0.05, 0.1) is 18.4 Å². The molecule has 0 atom stereocenters. The van der Waals surface area contributed by atoms with E-state index in [9.17, 15) is 4.79 Å². The quantitative estimate of drug-likeness (QED) is 0.449. The second-order valence-electron chi connectivity index (χ2n) is 6.70. The van der Waals surface area contributed by atoms with Crippen LogP contribution in [-0.4, -0.2) is 13.0 Å². The first-order chi connectivity index (χ1) is 14.3. The first-order valence-electron chi connectivity index (χ1n) is 9.50. The zero-order valence-corrected chi connectivity index (χ0v) is 16.2. The lowest BCUT2D eigenvalue weighted by molar-refractivity contribution is 0.102. The Morgan fingerprint density at radius 2 is 1.55 bits per heavy atom. The summed E-state index contributed by atoms with van der Waals surface area (Å²) in [6.07, 6.45) is 0. The molecule has 0 radical (unpaired) electrons. The molecule has 0 spiro atoms. The van der Waals surface area contributed by atoms with Crippen LogP contribution in [0.15, 0.2) is 91.0 Å². The normalized spacial score (nSPS) is 10.5. The second-order valence-corrected chi connectivity index (χ2v) is 6.70. The predicted molar refractivity (Wildman–Crippen MR) is 119 cm³/mol. The van der Waals surface area contributed by atoms with Gasteiger partial charge < -0.3 is 15.4 Å². The Kier molecular flexibility index (Phi) is 5.43. The molecule has 0 bridgehead atoms. The average molecular weight is 382 g/mol. The Labute approximate surface area is 170 Å². The Morgan fingerprint density at radius 3 is 2.38 bits per heavy atom. The summed E-state index contributed by atoms with van der Waals surface area (Å²) in [4.78, 5) is 12.8. The number of methoxy groups -OCH3 is 1. The summed E-state index contributed by atoms with van der Waals surface area (Å²) in [5, 5.41) is 8.75. The monoisotopic (exact) mass is 382 g/mol. The van der Waals surface area contributed by atoms with Crippen LogP contribution in [0.2, 0.25) is 0 Å². The molecule has 29 heavy (non-hydrogen) atoms. The summed E-state index contributed by atoms with van der Waals surface area (Å²) in [5.74, 6) is 0.322. The number of carbonyl (C=O) groups excluding carboxylic acids is 1. The van der Waals surface area contributed by atoms with E-state index in [2.05, 4.69) is 41.0 Å². The topological polar surface area (TPSA) is 50.4 Å². The summed E-state index contributed by atoms with van der Waals surface area (Å²) >= 11 is 0. The minimum absolute atomic E-state index is 0.207. The molecule has 0 aromatic heterocycles. The summed E-state index contributed by atoms with van der Waals surface area (Å²) < 4.78 is 5.59. The van der Waals surface area contributed by atoms with E-state index in [-0.39, 0.29) is 5.91 Å². The fourth-order valence-corrected chi connectivity index (χ4v) is 3.43. The minimum Gasteiger partial charge on any atom is -0.494 e. The van der Waals surface area contributed by atoms with Gasteiger partial charge >= 0.3 is 0 Å². The molecular formula is C25H22N2O2. The van der Waals surface area contributed by atoms with Crippen LogP contribution in [-0.2, 0) is 6.54 Å². The van der Waals surface area contributed by atoms with Gasteiger partial charge in [0.1, 0.15) is 0 Å². The lowest BCUT2D eigenvalue weighted by atomic mass is 10.0. The van der Waals surface area contributed by atoms with Crippen molar-refractivity contribution in [3.8, 4) is 5.75 Å². The van der Waals surface area contributed by atoms with Crippen molar-refractivity contribution in [2.45, 2.75) is 6.54 Å². The molecule has 0 aliphatic heterocycles. The number of carbonyl (C=O) groups is 1. The Hall–Kier alpha value is -3.79. The van der Waals surface area contributed by atoms with Crippen molar-refractivity contribution in [2.24, 2.45) is 0 Å². The van der Waals surface area contributed by atoms with E-state index in [4.69, 9.17) is 4.74 Å². The maximum atomic E-state index is 12.8. The highest BCUT2D eigenvalue weighted by Crippen LogP contribution is 2.30. The molecule has 0 aliphatic carbocycles. The van der Waals surface area contributed by atoms with Crippen molar-refractivity contribution in [3.05, 3.63) is 102 Å². The molecule has 144 valence electrons. The molecule has 0 heterocycles. The summed E-state index contributed by atoms with van der Waals surface area (Å²) in [6.45, 7) is 0.626. The van der Waals surface area contributed by atoms with Crippen molar-refractivity contribution in [3.63, 3.8) is 0 Å². The maximum absolute atomic E-state index is 12.8. The van der Waals surface area contributed by atoms with Crippen LogP contribution < -0.4 is 15.4 Å². The third-order valence-electron chi connectivity index (χ3n) is 4.84. The fourth-order valence-electron chi connectivity index (χ4n) is 3.43. The van der Waals surface area contributed by atoms with Crippen molar-refractivity contribution >= 4 is 28.1 Å². The van der Waals surface area contributed by atoms with Gasteiger partial charge in [-0.05, 0) is 40.6 Å². The molecule has 0 aliphatic rings. The van der Waals surface area contributed by atoms with Crippen LogP contribution in [0.4, 0.5) is 11.4 Å². The molecule has 2 N–H and O–H groups in total. The first-order valence-corrected chi connectivity index (χ1v) is 9.50. The van der Waals surface area contributed by atoms with E-state index >= 15 is 0 Å². The van der Waals surface area contributed by atoms with Gasteiger partial charge in [-0.2, -0.15) is 0 Å². The standard InChI is InChI=1S/C25H22N2O2/c1-29-24-22(25(28)27-20-12-3-2-4-13-20)15-8-16-23(24)26-17-19-11-7-10-18-9-5-6-14-21(18)19/h2-16,26H,17H2,1H3,(H,27,28). The van der Waals surface area contributed by atoms with Gasteiger partial charge in [-0.3, -0.25) is 4.79 Å². The van der Waals surface area contributed by atoms with Crippen LogP contribution in [0.25, 0.3) is 10.8 Å². The van der Waals surface area contributed by atoms with E-state index in [1.807, 2.05) is 54.6 Å². The second kappa shape index (κ2) is 8.48. The highest BCUT2D eigenvalue weighted by Gasteiger charge is 2.16. The van der Waals surface area contributed by atoms with Crippen molar-refractivity contribution in [2.75, 3.05) is 17.7 Å². The van der Waals surface area contributed by atoms with E-state index < -0.39 is 0 Å². The molecule has 0 saturated heterocycles. The van der Waals surface area contributed by atoms with Gasteiger partial charge in [0.2, 0.25) is 0 Å². The highest BCUT2D eigenvalue weighted by atomic mass is 16.5. The van der Waals surface area contributed by atoms with Gasteiger partial charge in [0, 0.05) is 12.2 Å². The van der Waals surface area contributed by atoms with Crippen molar-refractivity contribution < 1.29 is 9.53 Å². The fraction of sp³-hybridized carbons (Fsp3) is 0.0800. The van der Waals surface area contributed by atoms with Crippen LogP contribution in [0.3, 0.4) is 0 Å². The Morgan fingerprint density at radius 1 is 0.828 bits per heavy atom. The smallest absolute Gasteiger partial charge is 0.259 e. The predicted octanol–water partition coefficient (Wildman–Crippen LogP) is 5.71. The van der Waals surface area contributed by atoms with Gasteiger partial charge in [0.15, 0.2) is 5.75 Å². The van der Waals surface area contributed by atoms with Crippen molar-refractivity contribution in [1.82, 2.24) is 0 Å². The number of hydrogen-bond acceptors (Lipinski definition) is 3. The first kappa shape index (κ1) is 18.6. The number of nitrogens with one attached hydrogen (secondary N) is 2. The highest BCUT2D eigenvalue weighted by molar-refractivity contribution is 6.07. The number of rotatable bonds is 6. The molecule has 1 amide bonds. The molecule has 4 nitrogen and oxygen atoms in total. The number of benzene rings is 4. The largest absolute Gasteiger partial charge is 0.494 e. The SMILES string of the molecule is COc1c(NCc2cccc3ccccc23)cccc1C(=O)Nc1ccccc1. The van der Waals surface area contributed by atoms with Gasteiger partial charge in [-0.15, -0.1) is 0 Å². The van der Waals surface area contributed by atoms with Crippen LogP contribution in [0.5, 0.6) is 5.75 Å². The number of para-hydroxylation sites is 2. The van der Waals surface area contributed by atoms with Gasteiger partial charge in [-0.25, -0.2) is 0 Å². The Bertz CT molecular complexity index is 1130. The van der Waals surface area contributed by atoms with E-state index in [0.29, 0.717) is 17.9 Å². The Balaban J connectivity index is 1.58. The molecule has 4 aromatic carbocycles. The van der Waals surface area contributed by atoms with Crippen LogP contribution >= 0.6 is 0 Å². The maximum Gasteiger partial charge on any atom is 0.259 e. The summed E-state index contributed by atoms with van der Waals surface area (Å²) in [6, 6.07) is 29.5. The lowest BCUT2D eigenvalue weighted by Crippen LogP contribution is -2.14. The van der Waals surface area contributed by atoms with Crippen LogP contribution in [0, 0.1) is 0 Å². The minimum atomic E-state index is -0.207. The molecule has 4 rings (SSSR count). The molecule has 0 fully saturated rings. The number of hydrogen-bond donors (Lipinski definition) is 2. The number of ether oxygens (including phenoxy) is 1. The average Bonchev–Trinajstić information content (AvgIpc) is 2.78. The number of amides is 1. The van der Waals surface area contributed by atoms with Gasteiger partial charge in [0.25, 0.3) is 5.91 Å². The van der Waals surface area contributed by atoms with Crippen LogP contribution in [0.1, 0.15) is 15.9 Å². The third kappa shape index (κ3) is 4.06. The summed E-state index contributed by atoms with van der Waals surface area (Å²) in [5.41, 5.74) is 3.19. The molecule has 0 saturated carbocycles. The zero-order chi connectivity index (χ0) is 20.1. The lowest BCUT2D eigenvalue weighted by Gasteiger charge is -2.16. The summed E-state index contributed by atoms with van der Waals surface area (Å²) in [7, 11) is 1.58. The van der Waals surface area contributed by atoms with E-state index in [1.54, 1.807) is 13.2 Å². The van der Waals surface area contributed by atoms with Crippen molar-refractivity contribution in [1.29, 1.82) is 0 Å². The molecule has 0 unspecified atom stereocenters. The number of anilines is 2. The molecule has 4 heteroatoms. The number of fused-ring (bicyclic) bond motifs is 1.